The molecule has 1 fully saturated rings. The van der Waals surface area contributed by atoms with E-state index in [0.29, 0.717) is 12.3 Å². The van der Waals surface area contributed by atoms with Crippen LogP contribution in [0.2, 0.25) is 0 Å². The molecule has 1 aliphatic heterocycles. The molecule has 4 atom stereocenters. The summed E-state index contributed by atoms with van der Waals surface area (Å²) in [6.07, 6.45) is 4.22. The summed E-state index contributed by atoms with van der Waals surface area (Å²) in [6, 6.07) is 27.2. The molecule has 0 saturated carbocycles. The minimum absolute atomic E-state index is 0.134. The molecule has 1 saturated heterocycles. The maximum absolute atomic E-state index is 13.8. The Hall–Kier alpha value is -3.66. The number of allylic oxidation sites excluding steroid dienone is 2. The molecule has 5 rings (SSSR count). The van der Waals surface area contributed by atoms with Crippen LogP contribution in [0.15, 0.2) is 97.1 Å². The molecule has 160 valence electrons. The van der Waals surface area contributed by atoms with Crippen LogP contribution < -0.4 is 9.64 Å². The van der Waals surface area contributed by atoms with Gasteiger partial charge in [0.25, 0.3) is 0 Å². The van der Waals surface area contributed by atoms with E-state index in [1.807, 2.05) is 79.7 Å². The molecule has 32 heavy (non-hydrogen) atoms. The van der Waals surface area contributed by atoms with Gasteiger partial charge in [0.05, 0.1) is 24.1 Å². The van der Waals surface area contributed by atoms with Crippen LogP contribution in [0, 0.1) is 11.8 Å². The zero-order chi connectivity index (χ0) is 22.1. The third-order valence-corrected chi connectivity index (χ3v) is 6.47. The standard InChI is InChI=1S/C28H25NO3/c1-2-32-22-15-13-21(14-16-22)29-27(30)25-23(19-9-5-3-6-10-19)17-18-24(26(25)28(29)31)20-11-7-4-8-12-20/h3-18,23-26H,2H2,1H3. The van der Waals surface area contributed by atoms with Crippen LogP contribution in [0.1, 0.15) is 29.9 Å². The van der Waals surface area contributed by atoms with Gasteiger partial charge in [0.15, 0.2) is 0 Å². The van der Waals surface area contributed by atoms with E-state index in [-0.39, 0.29) is 23.7 Å². The zero-order valence-electron chi connectivity index (χ0n) is 17.9. The first-order valence-electron chi connectivity index (χ1n) is 11.1. The Balaban J connectivity index is 1.58. The monoisotopic (exact) mass is 423 g/mol. The molecule has 1 aliphatic carbocycles. The van der Waals surface area contributed by atoms with Crippen LogP contribution in [0.5, 0.6) is 5.75 Å². The Morgan fingerprint density at radius 2 is 1.16 bits per heavy atom. The van der Waals surface area contributed by atoms with Gasteiger partial charge in [0.1, 0.15) is 5.75 Å². The number of imide groups is 1. The lowest BCUT2D eigenvalue weighted by molar-refractivity contribution is -0.122. The van der Waals surface area contributed by atoms with E-state index in [0.717, 1.165) is 16.9 Å². The Bertz CT molecular complexity index is 1070. The average molecular weight is 424 g/mol. The Labute approximate surface area is 188 Å². The first-order chi connectivity index (χ1) is 15.7. The molecule has 0 spiro atoms. The minimum Gasteiger partial charge on any atom is -0.494 e. The van der Waals surface area contributed by atoms with Crippen LogP contribution in [-0.2, 0) is 9.59 Å². The van der Waals surface area contributed by atoms with Crippen molar-refractivity contribution in [3.8, 4) is 5.75 Å². The van der Waals surface area contributed by atoms with Gasteiger partial charge in [-0.25, -0.2) is 4.90 Å². The van der Waals surface area contributed by atoms with Crippen LogP contribution in [0.25, 0.3) is 0 Å². The van der Waals surface area contributed by atoms with Crippen molar-refractivity contribution in [2.75, 3.05) is 11.5 Å². The molecule has 4 nitrogen and oxygen atoms in total. The summed E-state index contributed by atoms with van der Waals surface area (Å²) in [5, 5.41) is 0. The molecule has 0 N–H and O–H groups in total. The van der Waals surface area contributed by atoms with Gasteiger partial charge in [0.2, 0.25) is 11.8 Å². The molecule has 2 amide bonds. The average Bonchev–Trinajstić information content (AvgIpc) is 3.11. The molecule has 3 aromatic rings. The van der Waals surface area contributed by atoms with E-state index in [1.54, 1.807) is 12.1 Å². The highest BCUT2D eigenvalue weighted by molar-refractivity contribution is 6.23. The van der Waals surface area contributed by atoms with E-state index in [9.17, 15) is 9.59 Å². The summed E-state index contributed by atoms with van der Waals surface area (Å²) < 4.78 is 5.52. The van der Waals surface area contributed by atoms with E-state index in [2.05, 4.69) is 12.2 Å². The van der Waals surface area contributed by atoms with Gasteiger partial charge in [-0.1, -0.05) is 72.8 Å². The normalized spacial score (nSPS) is 24.5. The molecule has 3 aromatic carbocycles. The maximum Gasteiger partial charge on any atom is 0.238 e. The second-order valence-electron chi connectivity index (χ2n) is 8.25. The van der Waals surface area contributed by atoms with Crippen molar-refractivity contribution in [3.63, 3.8) is 0 Å². The molecular formula is C28H25NO3. The smallest absolute Gasteiger partial charge is 0.238 e. The van der Waals surface area contributed by atoms with Gasteiger partial charge in [-0.3, -0.25) is 9.59 Å². The molecule has 0 radical (unpaired) electrons. The van der Waals surface area contributed by atoms with Crippen molar-refractivity contribution in [1.82, 2.24) is 0 Å². The number of nitrogens with zero attached hydrogens (tertiary/aromatic N) is 1. The van der Waals surface area contributed by atoms with E-state index in [4.69, 9.17) is 4.74 Å². The lowest BCUT2D eigenvalue weighted by Gasteiger charge is -2.32. The summed E-state index contributed by atoms with van der Waals surface area (Å²) in [4.78, 5) is 28.9. The molecule has 4 unspecified atom stereocenters. The van der Waals surface area contributed by atoms with Gasteiger partial charge in [-0.15, -0.1) is 0 Å². The number of amides is 2. The fourth-order valence-corrected chi connectivity index (χ4v) is 5.05. The predicted molar refractivity (Wildman–Crippen MR) is 125 cm³/mol. The Kier molecular flexibility index (Phi) is 5.36. The highest BCUT2D eigenvalue weighted by Crippen LogP contribution is 2.50. The molecule has 1 heterocycles. The number of hydrogen-bond donors (Lipinski definition) is 0. The summed E-state index contributed by atoms with van der Waals surface area (Å²) >= 11 is 0. The fourth-order valence-electron chi connectivity index (χ4n) is 5.05. The summed E-state index contributed by atoms with van der Waals surface area (Å²) in [7, 11) is 0. The van der Waals surface area contributed by atoms with Crippen molar-refractivity contribution in [1.29, 1.82) is 0 Å². The number of anilines is 1. The number of rotatable bonds is 5. The van der Waals surface area contributed by atoms with Gasteiger partial charge >= 0.3 is 0 Å². The largest absolute Gasteiger partial charge is 0.494 e. The second kappa shape index (κ2) is 8.46. The van der Waals surface area contributed by atoms with Crippen molar-refractivity contribution in [3.05, 3.63) is 108 Å². The third-order valence-electron chi connectivity index (χ3n) is 6.47. The van der Waals surface area contributed by atoms with Gasteiger partial charge < -0.3 is 4.74 Å². The Morgan fingerprint density at radius 1 is 0.688 bits per heavy atom. The lowest BCUT2D eigenvalue weighted by atomic mass is 9.68. The number of carbonyl (C=O) groups is 2. The molecular weight excluding hydrogens is 398 g/mol. The first-order valence-corrected chi connectivity index (χ1v) is 11.1. The van der Waals surface area contributed by atoms with Crippen LogP contribution in [0.4, 0.5) is 5.69 Å². The second-order valence-corrected chi connectivity index (χ2v) is 8.25. The summed E-state index contributed by atoms with van der Waals surface area (Å²) in [5.74, 6) is -0.695. The molecule has 2 aliphatic rings. The highest BCUT2D eigenvalue weighted by Gasteiger charge is 2.55. The topological polar surface area (TPSA) is 46.6 Å². The minimum atomic E-state index is -0.438. The third kappa shape index (κ3) is 3.42. The summed E-state index contributed by atoms with van der Waals surface area (Å²) in [6.45, 7) is 2.49. The van der Waals surface area contributed by atoms with Crippen molar-refractivity contribution in [2.24, 2.45) is 11.8 Å². The number of hydrogen-bond acceptors (Lipinski definition) is 3. The van der Waals surface area contributed by atoms with Crippen LogP contribution >= 0.6 is 0 Å². The molecule has 0 bridgehead atoms. The number of carbonyl (C=O) groups excluding carboxylic acids is 2. The van der Waals surface area contributed by atoms with Crippen molar-refractivity contribution >= 4 is 17.5 Å². The number of benzene rings is 3. The van der Waals surface area contributed by atoms with Gasteiger partial charge in [-0.2, -0.15) is 0 Å². The SMILES string of the molecule is CCOc1ccc(N2C(=O)C3C(c4ccccc4)C=CC(c4ccccc4)C3C2=O)cc1. The predicted octanol–water partition coefficient (Wildman–Crippen LogP) is 5.33. The Morgan fingerprint density at radius 3 is 1.59 bits per heavy atom. The quantitative estimate of drug-likeness (QED) is 0.412. The summed E-state index contributed by atoms with van der Waals surface area (Å²) in [5.41, 5.74) is 2.70. The first kappa shape index (κ1) is 20.3. The highest BCUT2D eigenvalue weighted by atomic mass is 16.5. The number of ether oxygens (including phenoxy) is 1. The lowest BCUT2D eigenvalue weighted by Crippen LogP contribution is -2.31. The maximum atomic E-state index is 13.8. The van der Waals surface area contributed by atoms with Gasteiger partial charge in [0, 0.05) is 11.8 Å². The van der Waals surface area contributed by atoms with Gasteiger partial charge in [-0.05, 0) is 42.3 Å². The van der Waals surface area contributed by atoms with Crippen molar-refractivity contribution < 1.29 is 14.3 Å². The molecule has 4 heteroatoms. The van der Waals surface area contributed by atoms with Crippen molar-refractivity contribution in [2.45, 2.75) is 18.8 Å². The van der Waals surface area contributed by atoms with E-state index >= 15 is 0 Å². The van der Waals surface area contributed by atoms with E-state index in [1.165, 1.54) is 4.90 Å². The zero-order valence-corrected chi connectivity index (χ0v) is 17.9. The number of fused-ring (bicyclic) bond motifs is 1. The van der Waals surface area contributed by atoms with Crippen LogP contribution in [0.3, 0.4) is 0 Å². The van der Waals surface area contributed by atoms with Crippen LogP contribution in [-0.4, -0.2) is 18.4 Å². The van der Waals surface area contributed by atoms with E-state index < -0.39 is 11.8 Å². The molecule has 0 aromatic heterocycles. The fraction of sp³-hybridized carbons (Fsp3) is 0.214.